The largest absolute Gasteiger partial charge is 0.271 e. The van der Waals surface area contributed by atoms with Gasteiger partial charge in [0.25, 0.3) is 0 Å². The van der Waals surface area contributed by atoms with Crippen molar-refractivity contribution in [2.24, 2.45) is 5.84 Å². The van der Waals surface area contributed by atoms with E-state index in [-0.39, 0.29) is 0 Å². The van der Waals surface area contributed by atoms with Gasteiger partial charge in [0.2, 0.25) is 0 Å². The number of nitrogens with one attached hydrogen (secondary N) is 1. The van der Waals surface area contributed by atoms with E-state index in [9.17, 15) is 0 Å². The smallest absolute Gasteiger partial charge is 0.0258 e. The van der Waals surface area contributed by atoms with Gasteiger partial charge in [-0.1, -0.05) is 29.3 Å². The number of rotatable bonds is 6. The first-order chi connectivity index (χ1) is 7.65. The molecule has 3 heteroatoms. The standard InChI is InChI=1S/C13H22N2S/c1-10-6-11(2)8-12(7-10)9-13(15-14)4-5-16-3/h6-8,13,15H,4-5,9,14H2,1-3H3. The number of hydrogen-bond donors (Lipinski definition) is 2. The highest BCUT2D eigenvalue weighted by atomic mass is 32.2. The second kappa shape index (κ2) is 6.94. The Morgan fingerprint density at radius 2 is 1.88 bits per heavy atom. The Morgan fingerprint density at radius 1 is 1.25 bits per heavy atom. The molecule has 0 spiro atoms. The van der Waals surface area contributed by atoms with Gasteiger partial charge in [0, 0.05) is 6.04 Å². The SMILES string of the molecule is CSCCC(Cc1cc(C)cc(C)c1)NN. The zero-order valence-corrected chi connectivity index (χ0v) is 11.2. The Bertz CT molecular complexity index is 305. The minimum absolute atomic E-state index is 0.383. The number of nitrogens with two attached hydrogens (primary N) is 1. The fraction of sp³-hybridized carbons (Fsp3) is 0.538. The fourth-order valence-electron chi connectivity index (χ4n) is 1.98. The Hall–Kier alpha value is -0.510. The monoisotopic (exact) mass is 238 g/mol. The highest BCUT2D eigenvalue weighted by Crippen LogP contribution is 2.12. The van der Waals surface area contributed by atoms with E-state index in [0.717, 1.165) is 18.6 Å². The normalized spacial score (nSPS) is 12.8. The molecule has 0 saturated carbocycles. The van der Waals surface area contributed by atoms with Gasteiger partial charge in [0.1, 0.15) is 0 Å². The molecule has 1 aromatic rings. The first-order valence-corrected chi connectivity index (χ1v) is 7.07. The molecular weight excluding hydrogens is 216 g/mol. The van der Waals surface area contributed by atoms with E-state index in [2.05, 4.69) is 43.7 Å². The van der Waals surface area contributed by atoms with E-state index < -0.39 is 0 Å². The number of hydrazine groups is 1. The van der Waals surface area contributed by atoms with Crippen molar-refractivity contribution in [2.75, 3.05) is 12.0 Å². The van der Waals surface area contributed by atoms with Crippen molar-refractivity contribution in [3.8, 4) is 0 Å². The van der Waals surface area contributed by atoms with E-state index in [0.29, 0.717) is 6.04 Å². The molecule has 3 N–H and O–H groups in total. The quantitative estimate of drug-likeness (QED) is 0.590. The van der Waals surface area contributed by atoms with Crippen LogP contribution in [0.25, 0.3) is 0 Å². The second-order valence-corrected chi connectivity index (χ2v) is 5.33. The average molecular weight is 238 g/mol. The molecule has 0 heterocycles. The highest BCUT2D eigenvalue weighted by Gasteiger charge is 2.07. The van der Waals surface area contributed by atoms with Crippen molar-refractivity contribution in [1.29, 1.82) is 0 Å². The summed E-state index contributed by atoms with van der Waals surface area (Å²) in [7, 11) is 0. The lowest BCUT2D eigenvalue weighted by atomic mass is 10.0. The van der Waals surface area contributed by atoms with Crippen molar-refractivity contribution in [3.05, 3.63) is 34.9 Å². The molecule has 90 valence electrons. The van der Waals surface area contributed by atoms with Gasteiger partial charge < -0.3 is 0 Å². The molecule has 1 unspecified atom stereocenters. The summed E-state index contributed by atoms with van der Waals surface area (Å²) < 4.78 is 0. The number of thioether (sulfide) groups is 1. The predicted octanol–water partition coefficient (Wildman–Crippen LogP) is 2.43. The summed E-state index contributed by atoms with van der Waals surface area (Å²) in [6, 6.07) is 7.08. The Morgan fingerprint density at radius 3 is 2.38 bits per heavy atom. The summed E-state index contributed by atoms with van der Waals surface area (Å²) in [5.41, 5.74) is 6.95. The Labute approximate surface area is 103 Å². The number of aryl methyl sites for hydroxylation is 2. The zero-order valence-electron chi connectivity index (χ0n) is 10.4. The molecule has 0 aliphatic rings. The van der Waals surface area contributed by atoms with Gasteiger partial charge in [0.15, 0.2) is 0 Å². The summed E-state index contributed by atoms with van der Waals surface area (Å²) in [5.74, 6) is 6.73. The van der Waals surface area contributed by atoms with Crippen LogP contribution in [0.3, 0.4) is 0 Å². The molecule has 16 heavy (non-hydrogen) atoms. The summed E-state index contributed by atoms with van der Waals surface area (Å²) in [6.45, 7) is 4.28. The number of benzene rings is 1. The molecule has 1 atom stereocenters. The predicted molar refractivity (Wildman–Crippen MR) is 73.7 cm³/mol. The van der Waals surface area contributed by atoms with E-state index >= 15 is 0 Å². The van der Waals surface area contributed by atoms with Crippen molar-refractivity contribution in [3.63, 3.8) is 0 Å². The third kappa shape index (κ3) is 4.56. The first-order valence-electron chi connectivity index (χ1n) is 5.68. The van der Waals surface area contributed by atoms with Crippen LogP contribution in [0.2, 0.25) is 0 Å². The lowest BCUT2D eigenvalue weighted by molar-refractivity contribution is 0.514. The molecule has 0 aromatic heterocycles. The maximum Gasteiger partial charge on any atom is 0.0258 e. The van der Waals surface area contributed by atoms with Crippen LogP contribution < -0.4 is 11.3 Å². The average Bonchev–Trinajstić information content (AvgIpc) is 2.22. The van der Waals surface area contributed by atoms with Gasteiger partial charge in [0.05, 0.1) is 0 Å². The lowest BCUT2D eigenvalue weighted by Gasteiger charge is -2.16. The maximum absolute atomic E-state index is 5.58. The lowest BCUT2D eigenvalue weighted by Crippen LogP contribution is -2.37. The molecule has 0 saturated heterocycles. The molecule has 0 bridgehead atoms. The van der Waals surface area contributed by atoms with Gasteiger partial charge >= 0.3 is 0 Å². The van der Waals surface area contributed by atoms with Crippen LogP contribution in [0.4, 0.5) is 0 Å². The molecule has 1 rings (SSSR count). The maximum atomic E-state index is 5.58. The van der Waals surface area contributed by atoms with Crippen LogP contribution in [0.5, 0.6) is 0 Å². The van der Waals surface area contributed by atoms with Gasteiger partial charge in [-0.15, -0.1) is 0 Å². The molecule has 1 aromatic carbocycles. The zero-order chi connectivity index (χ0) is 12.0. The second-order valence-electron chi connectivity index (χ2n) is 4.35. The van der Waals surface area contributed by atoms with Crippen LogP contribution in [-0.2, 0) is 6.42 Å². The van der Waals surface area contributed by atoms with Gasteiger partial charge in [-0.2, -0.15) is 11.8 Å². The molecule has 0 amide bonds. The minimum Gasteiger partial charge on any atom is -0.271 e. The Balaban J connectivity index is 2.62. The molecule has 0 aliphatic carbocycles. The highest BCUT2D eigenvalue weighted by molar-refractivity contribution is 7.98. The fourth-order valence-corrected chi connectivity index (χ4v) is 2.50. The first kappa shape index (κ1) is 13.6. The summed E-state index contributed by atoms with van der Waals surface area (Å²) in [4.78, 5) is 0. The van der Waals surface area contributed by atoms with Crippen LogP contribution in [0.15, 0.2) is 18.2 Å². The minimum atomic E-state index is 0.383. The van der Waals surface area contributed by atoms with E-state index in [1.807, 2.05) is 11.8 Å². The van der Waals surface area contributed by atoms with Crippen LogP contribution >= 0.6 is 11.8 Å². The summed E-state index contributed by atoms with van der Waals surface area (Å²) >= 11 is 1.87. The third-order valence-electron chi connectivity index (χ3n) is 2.67. The molecule has 0 radical (unpaired) electrons. The molecular formula is C13H22N2S. The number of hydrogen-bond acceptors (Lipinski definition) is 3. The molecule has 2 nitrogen and oxygen atoms in total. The Kier molecular flexibility index (Phi) is 5.88. The van der Waals surface area contributed by atoms with Crippen LogP contribution in [-0.4, -0.2) is 18.1 Å². The van der Waals surface area contributed by atoms with E-state index in [1.165, 1.54) is 16.7 Å². The van der Waals surface area contributed by atoms with E-state index in [1.54, 1.807) is 0 Å². The van der Waals surface area contributed by atoms with Gasteiger partial charge in [-0.05, 0) is 44.3 Å². The van der Waals surface area contributed by atoms with Crippen LogP contribution in [0, 0.1) is 13.8 Å². The van der Waals surface area contributed by atoms with Crippen molar-refractivity contribution >= 4 is 11.8 Å². The topological polar surface area (TPSA) is 38.0 Å². The van der Waals surface area contributed by atoms with Gasteiger partial charge in [-0.25, -0.2) is 0 Å². The van der Waals surface area contributed by atoms with Crippen LogP contribution in [0.1, 0.15) is 23.1 Å². The van der Waals surface area contributed by atoms with E-state index in [4.69, 9.17) is 5.84 Å². The third-order valence-corrected chi connectivity index (χ3v) is 3.31. The summed E-state index contributed by atoms with van der Waals surface area (Å²) in [6.07, 6.45) is 4.26. The summed E-state index contributed by atoms with van der Waals surface area (Å²) in [5, 5.41) is 0. The van der Waals surface area contributed by atoms with Crippen molar-refractivity contribution in [1.82, 2.24) is 5.43 Å². The van der Waals surface area contributed by atoms with Crippen molar-refractivity contribution in [2.45, 2.75) is 32.7 Å². The van der Waals surface area contributed by atoms with Crippen molar-refractivity contribution < 1.29 is 0 Å². The van der Waals surface area contributed by atoms with Gasteiger partial charge in [-0.3, -0.25) is 11.3 Å². The molecule has 0 aliphatic heterocycles. The molecule has 0 fully saturated rings.